The number of halogens is 2. The van der Waals surface area contributed by atoms with E-state index in [1.54, 1.807) is 12.1 Å². The van der Waals surface area contributed by atoms with Crippen LogP contribution in [0.25, 0.3) is 0 Å². The van der Waals surface area contributed by atoms with E-state index in [4.69, 9.17) is 16.3 Å². The SMILES string of the molecule is C/C(=C/Cl)COc1ccc(Br)cc1C=O. The molecule has 0 aromatic heterocycles. The quantitative estimate of drug-likeness (QED) is 0.789. The van der Waals surface area contributed by atoms with Crippen molar-refractivity contribution in [3.8, 4) is 5.75 Å². The van der Waals surface area contributed by atoms with Gasteiger partial charge < -0.3 is 4.74 Å². The van der Waals surface area contributed by atoms with Crippen molar-refractivity contribution in [1.29, 1.82) is 0 Å². The van der Waals surface area contributed by atoms with Gasteiger partial charge in [-0.3, -0.25) is 4.79 Å². The van der Waals surface area contributed by atoms with Gasteiger partial charge >= 0.3 is 0 Å². The molecule has 15 heavy (non-hydrogen) atoms. The Balaban J connectivity index is 2.80. The predicted octanol–water partition coefficient (Wildman–Crippen LogP) is 3.78. The Morgan fingerprint density at radius 2 is 2.33 bits per heavy atom. The molecule has 0 N–H and O–H groups in total. The van der Waals surface area contributed by atoms with E-state index in [-0.39, 0.29) is 0 Å². The molecule has 0 unspecified atom stereocenters. The Labute approximate surface area is 102 Å². The molecule has 2 nitrogen and oxygen atoms in total. The lowest BCUT2D eigenvalue weighted by atomic mass is 10.2. The van der Waals surface area contributed by atoms with Crippen LogP contribution in [0.15, 0.2) is 33.8 Å². The minimum atomic E-state index is 0.381. The zero-order valence-electron chi connectivity index (χ0n) is 8.17. The third-order valence-corrected chi connectivity index (χ3v) is 2.61. The Morgan fingerprint density at radius 3 is 2.93 bits per heavy atom. The van der Waals surface area contributed by atoms with Gasteiger partial charge in [0, 0.05) is 10.0 Å². The van der Waals surface area contributed by atoms with Gasteiger partial charge in [0.15, 0.2) is 6.29 Å². The standard InChI is InChI=1S/C11H10BrClO2/c1-8(5-13)7-15-11-3-2-10(12)4-9(11)6-14/h2-6H,7H2,1H3/b8-5-. The van der Waals surface area contributed by atoms with Gasteiger partial charge in [-0.1, -0.05) is 27.5 Å². The average Bonchev–Trinajstić information content (AvgIpc) is 2.26. The molecule has 1 aromatic rings. The minimum Gasteiger partial charge on any atom is -0.488 e. The van der Waals surface area contributed by atoms with Gasteiger partial charge in [-0.15, -0.1) is 0 Å². The zero-order valence-corrected chi connectivity index (χ0v) is 10.5. The Bertz CT molecular complexity index is 388. The molecule has 0 radical (unpaired) electrons. The van der Waals surface area contributed by atoms with Crippen molar-refractivity contribution >= 4 is 33.8 Å². The fourth-order valence-corrected chi connectivity index (χ4v) is 1.41. The van der Waals surface area contributed by atoms with Crippen LogP contribution >= 0.6 is 27.5 Å². The molecular weight excluding hydrogens is 279 g/mol. The summed E-state index contributed by atoms with van der Waals surface area (Å²) in [6.07, 6.45) is 0.764. The largest absolute Gasteiger partial charge is 0.488 e. The molecular formula is C11H10BrClO2. The van der Waals surface area contributed by atoms with Crippen molar-refractivity contribution in [2.75, 3.05) is 6.61 Å². The van der Waals surface area contributed by atoms with Gasteiger partial charge in [0.2, 0.25) is 0 Å². The molecule has 0 bridgehead atoms. The lowest BCUT2D eigenvalue weighted by molar-refractivity contribution is 0.112. The smallest absolute Gasteiger partial charge is 0.153 e. The highest BCUT2D eigenvalue weighted by molar-refractivity contribution is 9.10. The van der Waals surface area contributed by atoms with Crippen molar-refractivity contribution in [3.63, 3.8) is 0 Å². The number of ether oxygens (including phenoxy) is 1. The normalized spacial score (nSPS) is 11.3. The number of aldehydes is 1. The van der Waals surface area contributed by atoms with Gasteiger partial charge in [0.05, 0.1) is 5.56 Å². The van der Waals surface area contributed by atoms with Crippen LogP contribution in [-0.2, 0) is 0 Å². The van der Waals surface area contributed by atoms with E-state index in [1.807, 2.05) is 13.0 Å². The van der Waals surface area contributed by atoms with Crippen molar-refractivity contribution in [1.82, 2.24) is 0 Å². The highest BCUT2D eigenvalue weighted by Crippen LogP contribution is 2.22. The van der Waals surface area contributed by atoms with Crippen LogP contribution in [0.1, 0.15) is 17.3 Å². The summed E-state index contributed by atoms with van der Waals surface area (Å²) in [6, 6.07) is 5.28. The molecule has 4 heteroatoms. The molecule has 0 saturated carbocycles. The van der Waals surface area contributed by atoms with Crippen LogP contribution < -0.4 is 4.74 Å². The van der Waals surface area contributed by atoms with Crippen molar-refractivity contribution in [2.24, 2.45) is 0 Å². The lowest BCUT2D eigenvalue weighted by Crippen LogP contribution is -2.00. The molecule has 0 heterocycles. The summed E-state index contributed by atoms with van der Waals surface area (Å²) in [6.45, 7) is 2.23. The van der Waals surface area contributed by atoms with Crippen molar-refractivity contribution in [2.45, 2.75) is 6.92 Å². The lowest BCUT2D eigenvalue weighted by Gasteiger charge is -2.08. The maximum Gasteiger partial charge on any atom is 0.153 e. The van der Waals surface area contributed by atoms with Crippen molar-refractivity contribution in [3.05, 3.63) is 39.3 Å². The van der Waals surface area contributed by atoms with Crippen LogP contribution in [0, 0.1) is 0 Å². The highest BCUT2D eigenvalue weighted by Gasteiger charge is 2.03. The average molecular weight is 290 g/mol. The first-order chi connectivity index (χ1) is 7.17. The van der Waals surface area contributed by atoms with E-state index in [9.17, 15) is 4.79 Å². The van der Waals surface area contributed by atoms with E-state index >= 15 is 0 Å². The van der Waals surface area contributed by atoms with Crippen LogP contribution in [0.4, 0.5) is 0 Å². The summed E-state index contributed by atoms with van der Waals surface area (Å²) in [5.74, 6) is 0.561. The van der Waals surface area contributed by atoms with Gasteiger partial charge in [-0.05, 0) is 30.7 Å². The molecule has 0 spiro atoms. The molecule has 0 aliphatic heterocycles. The second-order valence-electron chi connectivity index (χ2n) is 3.04. The summed E-state index contributed by atoms with van der Waals surface area (Å²) in [7, 11) is 0. The summed E-state index contributed by atoms with van der Waals surface area (Å²) >= 11 is 8.78. The van der Waals surface area contributed by atoms with E-state index < -0.39 is 0 Å². The van der Waals surface area contributed by atoms with Crippen LogP contribution in [-0.4, -0.2) is 12.9 Å². The molecule has 0 saturated heterocycles. The van der Waals surface area contributed by atoms with Crippen molar-refractivity contribution < 1.29 is 9.53 Å². The van der Waals surface area contributed by atoms with Crippen LogP contribution in [0.3, 0.4) is 0 Å². The number of hydrogen-bond donors (Lipinski definition) is 0. The fraction of sp³-hybridized carbons (Fsp3) is 0.182. The number of carbonyl (C=O) groups is 1. The number of hydrogen-bond acceptors (Lipinski definition) is 2. The third-order valence-electron chi connectivity index (χ3n) is 1.74. The second kappa shape index (κ2) is 5.93. The molecule has 0 fully saturated rings. The summed E-state index contributed by atoms with van der Waals surface area (Å²) in [4.78, 5) is 10.8. The third kappa shape index (κ3) is 3.68. The number of benzene rings is 1. The van der Waals surface area contributed by atoms with Gasteiger partial charge in [0.25, 0.3) is 0 Å². The fourth-order valence-electron chi connectivity index (χ4n) is 0.966. The zero-order chi connectivity index (χ0) is 11.3. The minimum absolute atomic E-state index is 0.381. The van der Waals surface area contributed by atoms with Gasteiger partial charge in [-0.25, -0.2) is 0 Å². The van der Waals surface area contributed by atoms with Crippen LogP contribution in [0.2, 0.25) is 0 Å². The number of carbonyl (C=O) groups excluding carboxylic acids is 1. The monoisotopic (exact) mass is 288 g/mol. The summed E-state index contributed by atoms with van der Waals surface area (Å²) in [5, 5.41) is 0. The highest BCUT2D eigenvalue weighted by atomic mass is 79.9. The maximum absolute atomic E-state index is 10.8. The molecule has 0 amide bonds. The van der Waals surface area contributed by atoms with Crippen LogP contribution in [0.5, 0.6) is 5.75 Å². The first kappa shape index (κ1) is 12.3. The Kier molecular flexibility index (Phi) is 4.85. The van der Waals surface area contributed by atoms with E-state index in [2.05, 4.69) is 15.9 Å². The topological polar surface area (TPSA) is 26.3 Å². The molecule has 0 aliphatic rings. The first-order valence-corrected chi connectivity index (χ1v) is 5.53. The summed E-state index contributed by atoms with van der Waals surface area (Å²) in [5.41, 5.74) is 2.88. The number of rotatable bonds is 4. The Hall–Kier alpha value is -0.800. The first-order valence-electron chi connectivity index (χ1n) is 4.30. The van der Waals surface area contributed by atoms with E-state index in [0.29, 0.717) is 17.9 Å². The molecule has 1 rings (SSSR count). The van der Waals surface area contributed by atoms with Gasteiger partial charge in [0.1, 0.15) is 12.4 Å². The molecule has 0 aliphatic carbocycles. The predicted molar refractivity (Wildman–Crippen MR) is 64.6 cm³/mol. The molecule has 80 valence electrons. The van der Waals surface area contributed by atoms with E-state index in [0.717, 1.165) is 16.3 Å². The molecule has 1 aromatic carbocycles. The van der Waals surface area contributed by atoms with Gasteiger partial charge in [-0.2, -0.15) is 0 Å². The molecule has 0 atom stereocenters. The summed E-state index contributed by atoms with van der Waals surface area (Å²) < 4.78 is 6.28. The maximum atomic E-state index is 10.8. The Morgan fingerprint density at radius 1 is 1.60 bits per heavy atom. The second-order valence-corrected chi connectivity index (χ2v) is 4.18. The van der Waals surface area contributed by atoms with E-state index in [1.165, 1.54) is 5.54 Å².